The van der Waals surface area contributed by atoms with Gasteiger partial charge in [0.25, 0.3) is 0 Å². The van der Waals surface area contributed by atoms with Crippen molar-refractivity contribution in [1.82, 2.24) is 5.32 Å². The van der Waals surface area contributed by atoms with Crippen molar-refractivity contribution in [3.8, 4) is 0 Å². The molecule has 4 nitrogen and oxygen atoms in total. The second kappa shape index (κ2) is 6.44. The lowest BCUT2D eigenvalue weighted by molar-refractivity contribution is -0.128. The van der Waals surface area contributed by atoms with E-state index in [2.05, 4.69) is 5.32 Å². The summed E-state index contributed by atoms with van der Waals surface area (Å²) in [5, 5.41) is 21.3. The number of halogens is 3. The van der Waals surface area contributed by atoms with Gasteiger partial charge >= 0.3 is 0 Å². The normalized spacial score (nSPS) is 23.1. The number of rotatable bonds is 4. The minimum absolute atomic E-state index is 0.0743. The molecule has 116 valence electrons. The number of amides is 1. The zero-order valence-corrected chi connectivity index (χ0v) is 11.2. The molecule has 0 spiro atoms. The Morgan fingerprint density at radius 2 is 1.90 bits per heavy atom. The summed E-state index contributed by atoms with van der Waals surface area (Å²) >= 11 is 0. The molecule has 0 aliphatic heterocycles. The van der Waals surface area contributed by atoms with Gasteiger partial charge in [-0.3, -0.25) is 4.79 Å². The fourth-order valence-corrected chi connectivity index (χ4v) is 2.54. The van der Waals surface area contributed by atoms with E-state index in [9.17, 15) is 28.2 Å². The van der Waals surface area contributed by atoms with Crippen molar-refractivity contribution in [2.45, 2.75) is 31.4 Å². The molecule has 0 bridgehead atoms. The SMILES string of the molecule is O=C(NC(CO)c1cc(F)c(F)c(F)c1)C1CCCC1O. The Morgan fingerprint density at radius 3 is 2.38 bits per heavy atom. The molecule has 1 aliphatic rings. The highest BCUT2D eigenvalue weighted by Crippen LogP contribution is 2.27. The minimum Gasteiger partial charge on any atom is -0.394 e. The number of aliphatic hydroxyl groups is 2. The van der Waals surface area contributed by atoms with Gasteiger partial charge in [-0.2, -0.15) is 0 Å². The molecule has 3 N–H and O–H groups in total. The zero-order chi connectivity index (χ0) is 15.6. The molecule has 1 aromatic rings. The minimum atomic E-state index is -1.60. The molecule has 0 radical (unpaired) electrons. The van der Waals surface area contributed by atoms with Crippen LogP contribution in [-0.4, -0.2) is 28.8 Å². The lowest BCUT2D eigenvalue weighted by Gasteiger charge is -2.21. The van der Waals surface area contributed by atoms with Crippen LogP contribution in [0.4, 0.5) is 13.2 Å². The Balaban J connectivity index is 2.14. The van der Waals surface area contributed by atoms with E-state index in [4.69, 9.17) is 0 Å². The molecular weight excluding hydrogens is 287 g/mol. The predicted molar refractivity (Wildman–Crippen MR) is 67.6 cm³/mol. The maximum absolute atomic E-state index is 13.2. The third-order valence-corrected chi connectivity index (χ3v) is 3.72. The molecule has 1 amide bonds. The number of carbonyl (C=O) groups is 1. The third kappa shape index (κ3) is 3.36. The zero-order valence-electron chi connectivity index (χ0n) is 11.2. The van der Waals surface area contributed by atoms with Crippen LogP contribution in [0.5, 0.6) is 0 Å². The summed E-state index contributed by atoms with van der Waals surface area (Å²) in [5.74, 6) is -5.48. The molecule has 7 heteroatoms. The quantitative estimate of drug-likeness (QED) is 0.737. The highest BCUT2D eigenvalue weighted by Gasteiger charge is 2.32. The second-order valence-electron chi connectivity index (χ2n) is 5.15. The largest absolute Gasteiger partial charge is 0.394 e. The number of aliphatic hydroxyl groups excluding tert-OH is 2. The van der Waals surface area contributed by atoms with Gasteiger partial charge in [-0.1, -0.05) is 0 Å². The van der Waals surface area contributed by atoms with Crippen LogP contribution < -0.4 is 5.32 Å². The average Bonchev–Trinajstić information content (AvgIpc) is 2.87. The number of carbonyl (C=O) groups excluding carboxylic acids is 1. The van der Waals surface area contributed by atoms with Crippen LogP contribution in [0.15, 0.2) is 12.1 Å². The molecule has 0 heterocycles. The average molecular weight is 303 g/mol. The van der Waals surface area contributed by atoms with Crippen LogP contribution in [0.2, 0.25) is 0 Å². The first-order valence-electron chi connectivity index (χ1n) is 6.67. The smallest absolute Gasteiger partial charge is 0.226 e. The van der Waals surface area contributed by atoms with E-state index in [-0.39, 0.29) is 5.56 Å². The Hall–Kier alpha value is -1.60. The van der Waals surface area contributed by atoms with Gasteiger partial charge in [0.05, 0.1) is 24.7 Å². The van der Waals surface area contributed by atoms with Crippen molar-refractivity contribution in [2.24, 2.45) is 5.92 Å². The summed E-state index contributed by atoms with van der Waals surface area (Å²) in [6, 6.07) is 0.393. The standard InChI is InChI=1S/C14H16F3NO3/c15-9-4-7(5-10(16)13(9)17)11(6-19)18-14(21)8-2-1-3-12(8)20/h4-5,8,11-12,19-20H,1-3,6H2,(H,18,21). The first-order chi connectivity index (χ1) is 9.93. The van der Waals surface area contributed by atoms with Gasteiger partial charge in [-0.15, -0.1) is 0 Å². The summed E-state index contributed by atoms with van der Waals surface area (Å²) in [7, 11) is 0. The van der Waals surface area contributed by atoms with E-state index in [1.165, 1.54) is 0 Å². The Morgan fingerprint density at radius 1 is 1.29 bits per heavy atom. The highest BCUT2D eigenvalue weighted by atomic mass is 19.2. The van der Waals surface area contributed by atoms with Crippen LogP contribution in [0, 0.1) is 23.4 Å². The van der Waals surface area contributed by atoms with E-state index in [0.29, 0.717) is 19.3 Å². The van der Waals surface area contributed by atoms with Gasteiger partial charge in [0.2, 0.25) is 5.91 Å². The highest BCUT2D eigenvalue weighted by molar-refractivity contribution is 5.80. The second-order valence-corrected chi connectivity index (χ2v) is 5.15. The lowest BCUT2D eigenvalue weighted by atomic mass is 10.0. The Kier molecular flexibility index (Phi) is 4.84. The van der Waals surface area contributed by atoms with E-state index in [1.807, 2.05) is 0 Å². The van der Waals surface area contributed by atoms with Crippen LogP contribution in [0.25, 0.3) is 0 Å². The van der Waals surface area contributed by atoms with Crippen molar-refractivity contribution < 1.29 is 28.2 Å². The van der Waals surface area contributed by atoms with Crippen LogP contribution in [0.3, 0.4) is 0 Å². The summed E-state index contributed by atoms with van der Waals surface area (Å²) in [4.78, 5) is 12.0. The summed E-state index contributed by atoms with van der Waals surface area (Å²) in [6.45, 7) is -0.598. The van der Waals surface area contributed by atoms with Gasteiger partial charge in [-0.25, -0.2) is 13.2 Å². The Bertz CT molecular complexity index is 515. The maximum Gasteiger partial charge on any atom is 0.226 e. The molecule has 3 unspecified atom stereocenters. The van der Waals surface area contributed by atoms with Gasteiger partial charge in [-0.05, 0) is 37.0 Å². The van der Waals surface area contributed by atoms with E-state index < -0.39 is 48.0 Å². The lowest BCUT2D eigenvalue weighted by Crippen LogP contribution is -2.38. The molecule has 1 saturated carbocycles. The van der Waals surface area contributed by atoms with Gasteiger partial charge in [0.15, 0.2) is 17.5 Å². The molecule has 2 rings (SSSR count). The van der Waals surface area contributed by atoms with Crippen molar-refractivity contribution in [3.05, 3.63) is 35.1 Å². The molecule has 3 atom stereocenters. The number of nitrogens with one attached hydrogen (secondary N) is 1. The van der Waals surface area contributed by atoms with Gasteiger partial charge < -0.3 is 15.5 Å². The monoisotopic (exact) mass is 303 g/mol. The first kappa shape index (κ1) is 15.8. The Labute approximate surface area is 119 Å². The van der Waals surface area contributed by atoms with Crippen LogP contribution >= 0.6 is 0 Å². The van der Waals surface area contributed by atoms with Crippen molar-refractivity contribution >= 4 is 5.91 Å². The molecule has 1 aromatic carbocycles. The number of hydrogen-bond acceptors (Lipinski definition) is 3. The van der Waals surface area contributed by atoms with Crippen LogP contribution in [0.1, 0.15) is 30.9 Å². The molecule has 1 aliphatic carbocycles. The van der Waals surface area contributed by atoms with Crippen molar-refractivity contribution in [1.29, 1.82) is 0 Å². The topological polar surface area (TPSA) is 69.6 Å². The fourth-order valence-electron chi connectivity index (χ4n) is 2.54. The number of benzene rings is 1. The van der Waals surface area contributed by atoms with Crippen molar-refractivity contribution in [2.75, 3.05) is 6.61 Å². The van der Waals surface area contributed by atoms with E-state index in [1.54, 1.807) is 0 Å². The first-order valence-corrected chi connectivity index (χ1v) is 6.67. The van der Waals surface area contributed by atoms with Crippen LogP contribution in [-0.2, 0) is 4.79 Å². The predicted octanol–water partition coefficient (Wildman–Crippen LogP) is 1.41. The fraction of sp³-hybridized carbons (Fsp3) is 0.500. The maximum atomic E-state index is 13.2. The summed E-state index contributed by atoms with van der Waals surface area (Å²) in [6.07, 6.45) is 0.980. The molecule has 21 heavy (non-hydrogen) atoms. The molecule has 1 fully saturated rings. The van der Waals surface area contributed by atoms with Gasteiger partial charge in [0, 0.05) is 0 Å². The van der Waals surface area contributed by atoms with Gasteiger partial charge in [0.1, 0.15) is 0 Å². The number of hydrogen-bond donors (Lipinski definition) is 3. The van der Waals surface area contributed by atoms with E-state index in [0.717, 1.165) is 12.1 Å². The summed E-state index contributed by atoms with van der Waals surface area (Å²) in [5.41, 5.74) is -0.0743. The van der Waals surface area contributed by atoms with Crippen molar-refractivity contribution in [3.63, 3.8) is 0 Å². The van der Waals surface area contributed by atoms with E-state index >= 15 is 0 Å². The molecule has 0 aromatic heterocycles. The molecule has 0 saturated heterocycles. The summed E-state index contributed by atoms with van der Waals surface area (Å²) < 4.78 is 39.3. The molecular formula is C14H16F3NO3. The third-order valence-electron chi connectivity index (χ3n) is 3.72.